The Kier molecular flexibility index (Phi) is 5.29. The monoisotopic (exact) mass is 444 g/mol. The number of carbonyl (C=O) groups is 1. The highest BCUT2D eigenvalue weighted by Crippen LogP contribution is 2.44. The molecule has 1 saturated heterocycles. The van der Waals surface area contributed by atoms with Crippen LogP contribution in [-0.2, 0) is 9.53 Å². The Balaban J connectivity index is 1.87. The number of hydrogen-bond donors (Lipinski definition) is 5. The molecule has 4 atom stereocenters. The third kappa shape index (κ3) is 3.34. The summed E-state index contributed by atoms with van der Waals surface area (Å²) >= 11 is 0. The van der Waals surface area contributed by atoms with Crippen molar-refractivity contribution in [3.8, 4) is 34.3 Å². The van der Waals surface area contributed by atoms with Gasteiger partial charge in [0.05, 0.1) is 12.7 Å². The van der Waals surface area contributed by atoms with Gasteiger partial charge < -0.3 is 39.4 Å². The summed E-state index contributed by atoms with van der Waals surface area (Å²) in [6.45, 7) is 1.35. The number of aliphatic hydroxyl groups excluding tert-OH is 2. The van der Waals surface area contributed by atoms with Gasteiger partial charge in [-0.1, -0.05) is 0 Å². The number of carbonyl (C=O) groups excluding carboxylic acids is 1. The van der Waals surface area contributed by atoms with Gasteiger partial charge in [0, 0.05) is 17.7 Å². The summed E-state index contributed by atoms with van der Waals surface area (Å²) in [5, 5.41) is 51.0. The average molecular weight is 444 g/mol. The van der Waals surface area contributed by atoms with Crippen molar-refractivity contribution in [1.82, 2.24) is 0 Å². The van der Waals surface area contributed by atoms with Gasteiger partial charge in [0.25, 0.3) is 0 Å². The second-order valence-electron chi connectivity index (χ2n) is 7.43. The summed E-state index contributed by atoms with van der Waals surface area (Å²) in [6, 6.07) is 6.46. The summed E-state index contributed by atoms with van der Waals surface area (Å²) in [5.41, 5.74) is -0.784. The second kappa shape index (κ2) is 7.83. The number of ether oxygens (including phenoxy) is 2. The third-order valence-corrected chi connectivity index (χ3v) is 5.44. The minimum Gasteiger partial charge on any atom is -0.507 e. The van der Waals surface area contributed by atoms with E-state index in [0.29, 0.717) is 5.56 Å². The molecule has 1 fully saturated rings. The van der Waals surface area contributed by atoms with Gasteiger partial charge in [0.1, 0.15) is 52.6 Å². The summed E-state index contributed by atoms with van der Waals surface area (Å²) in [6.07, 6.45) is -6.15. The van der Waals surface area contributed by atoms with Crippen LogP contribution >= 0.6 is 0 Å². The van der Waals surface area contributed by atoms with E-state index in [0.717, 1.165) is 12.1 Å². The number of Topliss-reactive ketones (excluding diaryl/α,β-unsaturated/α-hetero) is 1. The molecule has 0 saturated carbocycles. The van der Waals surface area contributed by atoms with Crippen LogP contribution in [0.15, 0.2) is 39.5 Å². The van der Waals surface area contributed by atoms with Crippen LogP contribution in [0.5, 0.6) is 23.0 Å². The quantitative estimate of drug-likeness (QED) is 0.398. The van der Waals surface area contributed by atoms with Gasteiger partial charge in [-0.05, 0) is 25.1 Å². The molecule has 0 radical (unpaired) electrons. The van der Waals surface area contributed by atoms with Crippen molar-refractivity contribution >= 4 is 16.8 Å². The molecule has 10 heteroatoms. The van der Waals surface area contributed by atoms with Gasteiger partial charge in [-0.25, -0.2) is 0 Å². The Morgan fingerprint density at radius 3 is 2.41 bits per heavy atom. The molecule has 32 heavy (non-hydrogen) atoms. The van der Waals surface area contributed by atoms with Crippen molar-refractivity contribution < 1.29 is 44.2 Å². The molecular formula is C22H20O10. The number of phenols is 3. The lowest BCUT2D eigenvalue weighted by molar-refractivity contribution is -0.181. The summed E-state index contributed by atoms with van der Waals surface area (Å²) in [4.78, 5) is 24.7. The van der Waals surface area contributed by atoms with E-state index >= 15 is 0 Å². The fourth-order valence-electron chi connectivity index (χ4n) is 3.74. The maximum absolute atomic E-state index is 12.8. The zero-order valence-corrected chi connectivity index (χ0v) is 17.0. The molecule has 5 N–H and O–H groups in total. The number of methoxy groups -OCH3 is 1. The zero-order valence-electron chi connectivity index (χ0n) is 17.0. The van der Waals surface area contributed by atoms with Crippen molar-refractivity contribution in [3.63, 3.8) is 0 Å². The normalized spacial score (nSPS) is 23.4. The van der Waals surface area contributed by atoms with Crippen molar-refractivity contribution in [3.05, 3.63) is 46.1 Å². The lowest BCUT2D eigenvalue weighted by Gasteiger charge is -2.35. The number of hydrogen-bond acceptors (Lipinski definition) is 10. The van der Waals surface area contributed by atoms with Gasteiger partial charge in [0.2, 0.25) is 0 Å². The molecule has 2 aromatic carbocycles. The number of fused-ring (bicyclic) bond motifs is 1. The minimum absolute atomic E-state index is 0.0796. The van der Waals surface area contributed by atoms with E-state index in [1.807, 2.05) is 0 Å². The Labute approximate surface area is 180 Å². The van der Waals surface area contributed by atoms with Crippen molar-refractivity contribution in [2.24, 2.45) is 0 Å². The molecule has 3 aromatic rings. The zero-order chi connectivity index (χ0) is 23.3. The molecule has 0 unspecified atom stereocenters. The number of aromatic hydroxyl groups is 3. The van der Waals surface area contributed by atoms with Crippen molar-refractivity contribution in [2.75, 3.05) is 7.11 Å². The summed E-state index contributed by atoms with van der Waals surface area (Å²) in [5.74, 6) is -1.91. The summed E-state index contributed by atoms with van der Waals surface area (Å²) < 4.78 is 16.1. The highest BCUT2D eigenvalue weighted by molar-refractivity contribution is 5.90. The Bertz CT molecular complexity index is 1280. The number of phenolic OH excluding ortho intramolecular Hbond substituents is 3. The Morgan fingerprint density at radius 1 is 1.00 bits per heavy atom. The van der Waals surface area contributed by atoms with Crippen LogP contribution in [0.1, 0.15) is 18.6 Å². The molecule has 10 nitrogen and oxygen atoms in total. The maximum atomic E-state index is 12.8. The molecule has 4 rings (SSSR count). The van der Waals surface area contributed by atoms with E-state index < -0.39 is 47.1 Å². The van der Waals surface area contributed by atoms with Crippen LogP contribution < -0.4 is 10.2 Å². The van der Waals surface area contributed by atoms with Gasteiger partial charge in [0.15, 0.2) is 22.7 Å². The average Bonchev–Trinajstić information content (AvgIpc) is 2.75. The van der Waals surface area contributed by atoms with E-state index in [2.05, 4.69) is 0 Å². The fourth-order valence-corrected chi connectivity index (χ4v) is 3.74. The molecule has 1 aliphatic heterocycles. The van der Waals surface area contributed by atoms with Gasteiger partial charge in [-0.3, -0.25) is 9.59 Å². The van der Waals surface area contributed by atoms with Gasteiger partial charge >= 0.3 is 0 Å². The van der Waals surface area contributed by atoms with Crippen LogP contribution in [0.4, 0.5) is 0 Å². The number of ketones is 1. The van der Waals surface area contributed by atoms with E-state index in [-0.39, 0.29) is 33.8 Å². The van der Waals surface area contributed by atoms with Crippen molar-refractivity contribution in [1.29, 1.82) is 0 Å². The lowest BCUT2D eigenvalue weighted by atomic mass is 9.91. The molecule has 1 aromatic heterocycles. The highest BCUT2D eigenvalue weighted by Gasteiger charge is 2.44. The number of rotatable bonds is 3. The number of aliphatic hydroxyl groups is 2. The summed E-state index contributed by atoms with van der Waals surface area (Å²) in [7, 11) is 1.36. The van der Waals surface area contributed by atoms with Gasteiger partial charge in [-0.15, -0.1) is 0 Å². The van der Waals surface area contributed by atoms with Crippen LogP contribution in [0, 0.1) is 0 Å². The molecule has 0 amide bonds. The van der Waals surface area contributed by atoms with Crippen LogP contribution in [0.25, 0.3) is 22.3 Å². The fraction of sp³-hybridized carbons (Fsp3) is 0.273. The molecule has 168 valence electrons. The first kappa shape index (κ1) is 21.6. The smallest absolute Gasteiger partial charge is 0.197 e. The van der Waals surface area contributed by atoms with E-state index in [9.17, 15) is 35.1 Å². The predicted molar refractivity (Wildman–Crippen MR) is 110 cm³/mol. The molecule has 1 aliphatic rings. The largest absolute Gasteiger partial charge is 0.507 e. The third-order valence-electron chi connectivity index (χ3n) is 5.44. The van der Waals surface area contributed by atoms with Crippen LogP contribution in [-0.4, -0.2) is 56.7 Å². The first-order valence-electron chi connectivity index (χ1n) is 9.59. The molecule has 0 bridgehead atoms. The Morgan fingerprint density at radius 2 is 1.72 bits per heavy atom. The SMILES string of the molecule is COc1cc(-c2cc(=O)c3c(O)c([C@H]4O[C@@H](C)C(=O)[C@@H](O)[C@@H]4O)c(O)cc3o2)ccc1O. The lowest BCUT2D eigenvalue weighted by Crippen LogP contribution is -2.50. The topological polar surface area (TPSA) is 167 Å². The molecule has 0 aliphatic carbocycles. The standard InChI is InChI=1S/C22H20O10/c1-8-18(26)20(28)21(29)22(31-8)17-12(25)7-15-16(19(17)27)11(24)6-13(32-15)9-3-4-10(23)14(5-9)30-2/h3-8,20-23,25,27-29H,1-2H3/t8-,20+,21-,22+/m0/s1. The van der Waals surface area contributed by atoms with E-state index in [4.69, 9.17) is 13.9 Å². The Hall–Kier alpha value is -3.60. The molecule has 0 spiro atoms. The number of benzene rings is 2. The maximum Gasteiger partial charge on any atom is 0.197 e. The van der Waals surface area contributed by atoms with Crippen molar-refractivity contribution in [2.45, 2.75) is 31.3 Å². The van der Waals surface area contributed by atoms with Crippen LogP contribution in [0.2, 0.25) is 0 Å². The molecular weight excluding hydrogens is 424 g/mol. The molecule has 2 heterocycles. The highest BCUT2D eigenvalue weighted by atomic mass is 16.5. The van der Waals surface area contributed by atoms with E-state index in [1.54, 1.807) is 0 Å². The first-order valence-corrected chi connectivity index (χ1v) is 9.59. The first-order chi connectivity index (χ1) is 15.1. The van der Waals surface area contributed by atoms with Crippen LogP contribution in [0.3, 0.4) is 0 Å². The predicted octanol–water partition coefficient (Wildman–Crippen LogP) is 1.34. The minimum atomic E-state index is -1.79. The van der Waals surface area contributed by atoms with E-state index in [1.165, 1.54) is 32.2 Å². The second-order valence-corrected chi connectivity index (χ2v) is 7.43. The van der Waals surface area contributed by atoms with Gasteiger partial charge in [-0.2, -0.15) is 0 Å².